The van der Waals surface area contributed by atoms with Crippen LogP contribution in [-0.2, 0) is 13.0 Å². The summed E-state index contributed by atoms with van der Waals surface area (Å²) in [6.07, 6.45) is 3.28. The van der Waals surface area contributed by atoms with Crippen molar-refractivity contribution in [1.82, 2.24) is 20.1 Å². The highest BCUT2D eigenvalue weighted by atomic mass is 32.2. The first-order chi connectivity index (χ1) is 15.9. The van der Waals surface area contributed by atoms with E-state index in [1.165, 1.54) is 18.2 Å². The number of benzene rings is 2. The van der Waals surface area contributed by atoms with Crippen LogP contribution < -0.4 is 10.1 Å². The number of aromatic nitrogens is 3. The third-order valence-corrected chi connectivity index (χ3v) is 5.44. The van der Waals surface area contributed by atoms with Crippen LogP contribution in [0.15, 0.2) is 53.7 Å². The van der Waals surface area contributed by atoms with Crippen molar-refractivity contribution in [3.8, 4) is 11.5 Å². The molecule has 0 saturated carbocycles. The van der Waals surface area contributed by atoms with E-state index in [9.17, 15) is 14.9 Å². The second-order valence-electron chi connectivity index (χ2n) is 7.82. The molecule has 9 nitrogen and oxygen atoms in total. The maximum absolute atomic E-state index is 12.9. The molecule has 0 spiro atoms. The number of carbonyl (C=O) groups is 1. The Kier molecular flexibility index (Phi) is 8.42. The summed E-state index contributed by atoms with van der Waals surface area (Å²) in [5, 5.41) is 23.5. The molecule has 0 bridgehead atoms. The highest BCUT2D eigenvalue weighted by Gasteiger charge is 2.19. The van der Waals surface area contributed by atoms with Crippen molar-refractivity contribution in [3.63, 3.8) is 0 Å². The highest BCUT2D eigenvalue weighted by Crippen LogP contribution is 2.28. The Balaban J connectivity index is 1.67. The molecule has 0 aliphatic carbocycles. The number of rotatable bonds is 11. The largest absolute Gasteiger partial charge is 0.457 e. The van der Waals surface area contributed by atoms with E-state index in [0.717, 1.165) is 17.5 Å². The standard InChI is InChI=1S/C23H27N5O4S/c1-16(2)15-27-21(25-26-23(27)33-3)10-7-13-24-22(29)19-14-17(28(30)31)11-12-20(19)32-18-8-5-4-6-9-18/h4-6,8-9,11-12,14,16H,7,10,13,15H2,1-3H3,(H,24,29). The van der Waals surface area contributed by atoms with Gasteiger partial charge in [-0.15, -0.1) is 10.2 Å². The zero-order valence-electron chi connectivity index (χ0n) is 18.9. The van der Waals surface area contributed by atoms with Crippen LogP contribution in [0.3, 0.4) is 0 Å². The quantitative estimate of drug-likeness (QED) is 0.187. The van der Waals surface area contributed by atoms with Crippen molar-refractivity contribution in [2.45, 2.75) is 38.4 Å². The zero-order chi connectivity index (χ0) is 23.8. The fraction of sp³-hybridized carbons (Fsp3) is 0.348. The van der Waals surface area contributed by atoms with Crippen molar-refractivity contribution >= 4 is 23.4 Å². The molecule has 1 N–H and O–H groups in total. The number of nitro groups is 1. The molecule has 1 heterocycles. The third-order valence-electron chi connectivity index (χ3n) is 4.78. The molecule has 2 aromatic carbocycles. The normalized spacial score (nSPS) is 10.9. The fourth-order valence-electron chi connectivity index (χ4n) is 3.26. The predicted octanol–water partition coefficient (Wildman–Crippen LogP) is 4.72. The van der Waals surface area contributed by atoms with E-state index in [1.807, 2.05) is 12.3 Å². The summed E-state index contributed by atoms with van der Waals surface area (Å²) in [5.41, 5.74) is -0.0624. The van der Waals surface area contributed by atoms with Crippen molar-refractivity contribution in [3.05, 3.63) is 70.0 Å². The fourth-order valence-corrected chi connectivity index (χ4v) is 3.78. The van der Waals surface area contributed by atoms with E-state index in [0.29, 0.717) is 31.1 Å². The number of hydrogen-bond donors (Lipinski definition) is 1. The molecule has 0 fully saturated rings. The van der Waals surface area contributed by atoms with Gasteiger partial charge in [0, 0.05) is 31.6 Å². The molecule has 0 aliphatic rings. The van der Waals surface area contributed by atoms with E-state index in [-0.39, 0.29) is 17.0 Å². The summed E-state index contributed by atoms with van der Waals surface area (Å²) in [4.78, 5) is 23.5. The Morgan fingerprint density at radius 2 is 1.97 bits per heavy atom. The summed E-state index contributed by atoms with van der Waals surface area (Å²) in [7, 11) is 0. The zero-order valence-corrected chi connectivity index (χ0v) is 19.7. The van der Waals surface area contributed by atoms with Crippen LogP contribution >= 0.6 is 11.8 Å². The lowest BCUT2D eigenvalue weighted by molar-refractivity contribution is -0.384. The van der Waals surface area contributed by atoms with Gasteiger partial charge in [0.15, 0.2) is 5.16 Å². The molecule has 3 aromatic rings. The van der Waals surface area contributed by atoms with Crippen molar-refractivity contribution in [2.75, 3.05) is 12.8 Å². The second kappa shape index (κ2) is 11.5. The van der Waals surface area contributed by atoms with E-state index >= 15 is 0 Å². The SMILES string of the molecule is CSc1nnc(CCCNC(=O)c2cc([N+](=O)[O-])ccc2Oc2ccccc2)n1CC(C)C. The van der Waals surface area contributed by atoms with Crippen LogP contribution in [-0.4, -0.2) is 38.4 Å². The molecule has 1 aromatic heterocycles. The number of nitrogens with one attached hydrogen (secondary N) is 1. The Bertz CT molecular complexity index is 1100. The van der Waals surface area contributed by atoms with E-state index < -0.39 is 10.8 Å². The number of hydrogen-bond acceptors (Lipinski definition) is 7. The molecule has 0 atom stereocenters. The Hall–Kier alpha value is -3.40. The van der Waals surface area contributed by atoms with Crippen LogP contribution in [0.25, 0.3) is 0 Å². The van der Waals surface area contributed by atoms with Crippen LogP contribution in [0.1, 0.15) is 36.5 Å². The number of nitro benzene ring substituents is 1. The summed E-state index contributed by atoms with van der Waals surface area (Å²) < 4.78 is 7.92. The maximum atomic E-state index is 12.9. The molecular formula is C23H27N5O4S. The molecule has 0 unspecified atom stereocenters. The number of ether oxygens (including phenoxy) is 1. The van der Waals surface area contributed by atoms with Gasteiger partial charge >= 0.3 is 0 Å². The van der Waals surface area contributed by atoms with Crippen LogP contribution in [0.2, 0.25) is 0 Å². The minimum atomic E-state index is -0.534. The van der Waals surface area contributed by atoms with Crippen molar-refractivity contribution in [1.29, 1.82) is 0 Å². The van der Waals surface area contributed by atoms with Gasteiger partial charge in [0.2, 0.25) is 0 Å². The molecule has 33 heavy (non-hydrogen) atoms. The number of nitrogens with zero attached hydrogens (tertiary/aromatic N) is 4. The predicted molar refractivity (Wildman–Crippen MR) is 127 cm³/mol. The first-order valence-electron chi connectivity index (χ1n) is 10.6. The lowest BCUT2D eigenvalue weighted by atomic mass is 10.1. The topological polar surface area (TPSA) is 112 Å². The first kappa shape index (κ1) is 24.2. The van der Waals surface area contributed by atoms with Gasteiger partial charge in [-0.2, -0.15) is 0 Å². The maximum Gasteiger partial charge on any atom is 0.270 e. The molecule has 10 heteroatoms. The molecular weight excluding hydrogens is 442 g/mol. The van der Waals surface area contributed by atoms with E-state index in [1.54, 1.807) is 36.0 Å². The number of para-hydroxylation sites is 1. The van der Waals surface area contributed by atoms with E-state index in [4.69, 9.17) is 4.74 Å². The molecule has 0 saturated heterocycles. The van der Waals surface area contributed by atoms with Gasteiger partial charge < -0.3 is 14.6 Å². The minimum absolute atomic E-state index is 0.112. The van der Waals surface area contributed by atoms with Gasteiger partial charge in [-0.05, 0) is 36.8 Å². The Morgan fingerprint density at radius 1 is 1.21 bits per heavy atom. The van der Waals surface area contributed by atoms with Gasteiger partial charge in [0.05, 0.1) is 10.5 Å². The molecule has 0 radical (unpaired) electrons. The van der Waals surface area contributed by atoms with Gasteiger partial charge in [0.25, 0.3) is 11.6 Å². The number of aryl methyl sites for hydroxylation is 1. The Morgan fingerprint density at radius 3 is 2.64 bits per heavy atom. The van der Waals surface area contributed by atoms with Gasteiger partial charge in [-0.25, -0.2) is 0 Å². The minimum Gasteiger partial charge on any atom is -0.457 e. The monoisotopic (exact) mass is 469 g/mol. The van der Waals surface area contributed by atoms with Crippen molar-refractivity contribution < 1.29 is 14.5 Å². The average Bonchev–Trinajstić information content (AvgIpc) is 3.18. The van der Waals surface area contributed by atoms with Gasteiger partial charge in [-0.1, -0.05) is 43.8 Å². The van der Waals surface area contributed by atoms with Crippen LogP contribution in [0.5, 0.6) is 11.5 Å². The molecule has 0 aliphatic heterocycles. The Labute approximate surface area is 196 Å². The van der Waals surface area contributed by atoms with Crippen LogP contribution in [0, 0.1) is 16.0 Å². The number of thioether (sulfide) groups is 1. The number of amides is 1. The third kappa shape index (κ3) is 6.55. The average molecular weight is 470 g/mol. The molecule has 1 amide bonds. The van der Waals surface area contributed by atoms with Crippen LogP contribution in [0.4, 0.5) is 5.69 Å². The summed E-state index contributed by atoms with van der Waals surface area (Å²) in [6.45, 7) is 5.50. The lowest BCUT2D eigenvalue weighted by Crippen LogP contribution is -2.25. The van der Waals surface area contributed by atoms with E-state index in [2.05, 4.69) is 33.9 Å². The van der Waals surface area contributed by atoms with Gasteiger partial charge in [0.1, 0.15) is 17.3 Å². The van der Waals surface area contributed by atoms with Crippen molar-refractivity contribution in [2.24, 2.45) is 5.92 Å². The second-order valence-corrected chi connectivity index (χ2v) is 8.59. The first-order valence-corrected chi connectivity index (χ1v) is 11.9. The molecule has 3 rings (SSSR count). The van der Waals surface area contributed by atoms with Gasteiger partial charge in [-0.3, -0.25) is 14.9 Å². The summed E-state index contributed by atoms with van der Waals surface area (Å²) in [5.74, 6) is 1.70. The summed E-state index contributed by atoms with van der Waals surface area (Å²) >= 11 is 1.56. The number of non-ortho nitro benzene ring substituents is 1. The number of carbonyl (C=O) groups excluding carboxylic acids is 1. The lowest BCUT2D eigenvalue weighted by Gasteiger charge is -2.13. The molecule has 174 valence electrons. The summed E-state index contributed by atoms with van der Waals surface area (Å²) in [6, 6.07) is 13.0. The smallest absolute Gasteiger partial charge is 0.270 e. The highest BCUT2D eigenvalue weighted by molar-refractivity contribution is 7.98.